The van der Waals surface area contributed by atoms with E-state index in [9.17, 15) is 4.79 Å². The molecule has 0 spiro atoms. The summed E-state index contributed by atoms with van der Waals surface area (Å²) in [7, 11) is 1.65. The van der Waals surface area contributed by atoms with Gasteiger partial charge in [0.2, 0.25) is 0 Å². The predicted octanol–water partition coefficient (Wildman–Crippen LogP) is 1.44. The van der Waals surface area contributed by atoms with Crippen LogP contribution in [0.1, 0.15) is 29.8 Å². The van der Waals surface area contributed by atoms with Crippen LogP contribution in [0.2, 0.25) is 0 Å². The van der Waals surface area contributed by atoms with E-state index >= 15 is 0 Å². The molecule has 0 bridgehead atoms. The fourth-order valence-electron chi connectivity index (χ4n) is 2.21. The number of pyridine rings is 1. The molecule has 6 nitrogen and oxygen atoms in total. The summed E-state index contributed by atoms with van der Waals surface area (Å²) in [6, 6.07) is 3.62. The third-order valence-corrected chi connectivity index (χ3v) is 3.36. The number of ether oxygens (including phenoxy) is 2. The second-order valence-corrected chi connectivity index (χ2v) is 5.05. The van der Waals surface area contributed by atoms with E-state index in [1.807, 2.05) is 6.07 Å². The summed E-state index contributed by atoms with van der Waals surface area (Å²) in [5, 5.41) is 6.12. The summed E-state index contributed by atoms with van der Waals surface area (Å²) >= 11 is 0. The summed E-state index contributed by atoms with van der Waals surface area (Å²) < 4.78 is 10.5. The number of carbonyl (C=O) groups is 1. The molecule has 0 aromatic carbocycles. The van der Waals surface area contributed by atoms with E-state index in [0.29, 0.717) is 18.8 Å². The minimum absolute atomic E-state index is 0.160. The molecule has 2 rings (SSSR count). The number of amides is 1. The van der Waals surface area contributed by atoms with Gasteiger partial charge >= 0.3 is 0 Å². The Morgan fingerprint density at radius 2 is 2.48 bits per heavy atom. The Labute approximate surface area is 125 Å². The normalized spacial score (nSPS) is 17.7. The zero-order valence-corrected chi connectivity index (χ0v) is 12.4. The Hall–Kier alpha value is -1.66. The number of nitrogens with zero attached hydrogens (tertiary/aromatic N) is 1. The summed E-state index contributed by atoms with van der Waals surface area (Å²) in [5.41, 5.74) is 1.31. The Kier molecular flexibility index (Phi) is 6.43. The van der Waals surface area contributed by atoms with Gasteiger partial charge < -0.3 is 20.1 Å². The monoisotopic (exact) mass is 293 g/mol. The second kappa shape index (κ2) is 8.59. The highest BCUT2D eigenvalue weighted by atomic mass is 16.5. The van der Waals surface area contributed by atoms with E-state index in [1.165, 1.54) is 0 Å². The van der Waals surface area contributed by atoms with E-state index in [4.69, 9.17) is 9.47 Å². The second-order valence-electron chi connectivity index (χ2n) is 5.05. The summed E-state index contributed by atoms with van der Waals surface area (Å²) in [4.78, 5) is 16.1. The number of aromatic nitrogens is 1. The molecular weight excluding hydrogens is 270 g/mol. The van der Waals surface area contributed by atoms with E-state index in [-0.39, 0.29) is 12.0 Å². The quantitative estimate of drug-likeness (QED) is 0.710. The van der Waals surface area contributed by atoms with Crippen LogP contribution in [0.3, 0.4) is 0 Å². The van der Waals surface area contributed by atoms with Gasteiger partial charge in [0.05, 0.1) is 6.10 Å². The standard InChI is InChI=1S/C15H23N3O3/c1-20-8-3-6-17-15(19)14-10-12(5-7-16-14)18-11-13-4-2-9-21-13/h5,7,10,13H,2-4,6,8-9,11H2,1H3,(H,16,18)(H,17,19). The number of carbonyl (C=O) groups excluding carboxylic acids is 1. The average molecular weight is 293 g/mol. The van der Waals surface area contributed by atoms with Crippen molar-refractivity contribution in [3.05, 3.63) is 24.0 Å². The molecule has 1 aromatic rings. The van der Waals surface area contributed by atoms with Crippen molar-refractivity contribution >= 4 is 11.6 Å². The van der Waals surface area contributed by atoms with Crippen LogP contribution in [0.5, 0.6) is 0 Å². The third-order valence-electron chi connectivity index (χ3n) is 3.36. The van der Waals surface area contributed by atoms with E-state index < -0.39 is 0 Å². The maximum absolute atomic E-state index is 12.0. The van der Waals surface area contributed by atoms with Crippen molar-refractivity contribution in [2.75, 3.05) is 38.7 Å². The van der Waals surface area contributed by atoms with Gasteiger partial charge in [-0.1, -0.05) is 0 Å². The molecule has 1 unspecified atom stereocenters. The molecule has 0 radical (unpaired) electrons. The van der Waals surface area contributed by atoms with Gasteiger partial charge in [-0.25, -0.2) is 0 Å². The van der Waals surface area contributed by atoms with E-state index in [0.717, 1.165) is 38.1 Å². The fourth-order valence-corrected chi connectivity index (χ4v) is 2.21. The maximum atomic E-state index is 12.0. The van der Waals surface area contributed by atoms with Gasteiger partial charge in [0.1, 0.15) is 5.69 Å². The van der Waals surface area contributed by atoms with Gasteiger partial charge in [0.15, 0.2) is 0 Å². The molecule has 21 heavy (non-hydrogen) atoms. The molecule has 1 aromatic heterocycles. The van der Waals surface area contributed by atoms with Gasteiger partial charge in [-0.2, -0.15) is 0 Å². The van der Waals surface area contributed by atoms with Gasteiger partial charge in [-0.3, -0.25) is 9.78 Å². The maximum Gasteiger partial charge on any atom is 0.269 e. The number of nitrogens with one attached hydrogen (secondary N) is 2. The molecule has 1 aliphatic heterocycles. The minimum Gasteiger partial charge on any atom is -0.385 e. The zero-order valence-electron chi connectivity index (χ0n) is 12.4. The molecule has 1 fully saturated rings. The van der Waals surface area contributed by atoms with Crippen LogP contribution in [0.25, 0.3) is 0 Å². The number of anilines is 1. The Morgan fingerprint density at radius 1 is 1.57 bits per heavy atom. The van der Waals surface area contributed by atoms with Crippen LogP contribution >= 0.6 is 0 Å². The fraction of sp³-hybridized carbons (Fsp3) is 0.600. The van der Waals surface area contributed by atoms with Crippen molar-refractivity contribution in [2.24, 2.45) is 0 Å². The first kappa shape index (κ1) is 15.7. The van der Waals surface area contributed by atoms with Crippen LogP contribution < -0.4 is 10.6 Å². The van der Waals surface area contributed by atoms with Crippen LogP contribution in [-0.2, 0) is 9.47 Å². The van der Waals surface area contributed by atoms with Gasteiger partial charge in [0.25, 0.3) is 5.91 Å². The van der Waals surface area contributed by atoms with E-state index in [2.05, 4.69) is 15.6 Å². The number of rotatable bonds is 8. The molecule has 0 aliphatic carbocycles. The third kappa shape index (κ3) is 5.32. The Balaban J connectivity index is 1.80. The Bertz CT molecular complexity index is 448. The summed E-state index contributed by atoms with van der Waals surface area (Å²) in [6.45, 7) is 2.83. The first-order chi connectivity index (χ1) is 10.3. The molecule has 6 heteroatoms. The van der Waals surface area contributed by atoms with Crippen molar-refractivity contribution in [1.82, 2.24) is 10.3 Å². The largest absolute Gasteiger partial charge is 0.385 e. The lowest BCUT2D eigenvalue weighted by Crippen LogP contribution is -2.26. The van der Waals surface area contributed by atoms with Crippen molar-refractivity contribution < 1.29 is 14.3 Å². The van der Waals surface area contributed by atoms with Crippen LogP contribution in [0.4, 0.5) is 5.69 Å². The predicted molar refractivity (Wildman–Crippen MR) is 80.5 cm³/mol. The average Bonchev–Trinajstić information content (AvgIpc) is 3.03. The molecule has 1 amide bonds. The van der Waals surface area contributed by atoms with Gasteiger partial charge in [0, 0.05) is 45.3 Å². The molecule has 2 heterocycles. The molecule has 0 saturated carbocycles. The minimum atomic E-state index is -0.160. The summed E-state index contributed by atoms with van der Waals surface area (Å²) in [6.07, 6.45) is 4.91. The molecule has 1 atom stereocenters. The lowest BCUT2D eigenvalue weighted by atomic mass is 10.2. The molecule has 1 aliphatic rings. The molecule has 1 saturated heterocycles. The highest BCUT2D eigenvalue weighted by Gasteiger charge is 2.15. The van der Waals surface area contributed by atoms with Crippen molar-refractivity contribution in [2.45, 2.75) is 25.4 Å². The number of hydrogen-bond acceptors (Lipinski definition) is 5. The van der Waals surface area contributed by atoms with Crippen molar-refractivity contribution in [3.63, 3.8) is 0 Å². The van der Waals surface area contributed by atoms with Crippen LogP contribution in [0, 0.1) is 0 Å². The highest BCUT2D eigenvalue weighted by Crippen LogP contribution is 2.14. The van der Waals surface area contributed by atoms with Crippen LogP contribution in [-0.4, -0.2) is 50.4 Å². The smallest absolute Gasteiger partial charge is 0.269 e. The number of hydrogen-bond donors (Lipinski definition) is 2. The van der Waals surface area contributed by atoms with Crippen molar-refractivity contribution in [1.29, 1.82) is 0 Å². The van der Waals surface area contributed by atoms with Gasteiger partial charge in [-0.05, 0) is 31.4 Å². The Morgan fingerprint density at radius 3 is 3.24 bits per heavy atom. The zero-order chi connectivity index (χ0) is 14.9. The number of methoxy groups -OCH3 is 1. The molecule has 116 valence electrons. The first-order valence-electron chi connectivity index (χ1n) is 7.38. The topological polar surface area (TPSA) is 72.5 Å². The SMILES string of the molecule is COCCCNC(=O)c1cc(NCC2CCCO2)ccn1. The highest BCUT2D eigenvalue weighted by molar-refractivity contribution is 5.93. The molecular formula is C15H23N3O3. The van der Waals surface area contributed by atoms with Gasteiger partial charge in [-0.15, -0.1) is 0 Å². The lowest BCUT2D eigenvalue weighted by Gasteiger charge is -2.12. The van der Waals surface area contributed by atoms with Crippen LogP contribution in [0.15, 0.2) is 18.3 Å². The lowest BCUT2D eigenvalue weighted by molar-refractivity contribution is 0.0943. The van der Waals surface area contributed by atoms with E-state index in [1.54, 1.807) is 19.4 Å². The summed E-state index contributed by atoms with van der Waals surface area (Å²) in [5.74, 6) is -0.160. The van der Waals surface area contributed by atoms with Crippen molar-refractivity contribution in [3.8, 4) is 0 Å². The first-order valence-corrected chi connectivity index (χ1v) is 7.38. The molecule has 2 N–H and O–H groups in total.